The first-order chi connectivity index (χ1) is 10.8. The van der Waals surface area contributed by atoms with E-state index in [1.165, 1.54) is 27.1 Å². The number of halogens is 2. The van der Waals surface area contributed by atoms with Crippen molar-refractivity contribution in [2.24, 2.45) is 0 Å². The summed E-state index contributed by atoms with van der Waals surface area (Å²) in [5.74, 6) is 0. The summed E-state index contributed by atoms with van der Waals surface area (Å²) >= 11 is -0.826. The Hall–Kier alpha value is -0.877. The largest absolute Gasteiger partial charge is 0.126 e. The number of benzene rings is 2. The SMILES string of the molecule is Cc1cc[cH-]c1.[CH3-].[Cl][Zr][Cl].c1ccc2c(c1)[cH-]c1ccccc12. The molecule has 0 radical (unpaired) electrons. The van der Waals surface area contributed by atoms with Gasteiger partial charge in [-0.25, -0.2) is 11.6 Å². The van der Waals surface area contributed by atoms with Gasteiger partial charge in [-0.2, -0.15) is 18.2 Å². The minimum atomic E-state index is -0.826. The van der Waals surface area contributed by atoms with Crippen molar-refractivity contribution in [3.05, 3.63) is 91.9 Å². The Morgan fingerprint density at radius 2 is 1.30 bits per heavy atom. The Bertz CT molecular complexity index is 750. The number of aryl methyl sites for hydroxylation is 1. The fraction of sp³-hybridized carbons (Fsp3) is 0.0500. The number of hydrogen-bond donors (Lipinski definition) is 0. The maximum absolute atomic E-state index is 4.93. The van der Waals surface area contributed by atoms with Gasteiger partial charge < -0.3 is 7.43 Å². The molecule has 0 bridgehead atoms. The Kier molecular flexibility index (Phi) is 9.48. The van der Waals surface area contributed by atoms with Gasteiger partial charge in [-0.15, -0.1) is 39.7 Å². The van der Waals surface area contributed by atoms with Gasteiger partial charge in [0.15, 0.2) is 0 Å². The summed E-state index contributed by atoms with van der Waals surface area (Å²) in [5, 5.41) is 5.39. The van der Waals surface area contributed by atoms with E-state index in [1.54, 1.807) is 0 Å². The van der Waals surface area contributed by atoms with E-state index >= 15 is 0 Å². The topological polar surface area (TPSA) is 0 Å². The molecule has 0 aromatic heterocycles. The van der Waals surface area contributed by atoms with Gasteiger partial charge in [-0.3, -0.25) is 0 Å². The summed E-state index contributed by atoms with van der Waals surface area (Å²) in [6.07, 6.45) is 0. The normalized spacial score (nSPS) is 9.17. The zero-order valence-corrected chi connectivity index (χ0v) is 17.2. The standard InChI is InChI=1S/C13H9.C6H7.CH3.2ClH.Zr/c1-3-7-12-10(5-1)9-11-6-2-4-8-13(11)12;1-6-4-2-3-5-6;;;;/h1-9H;2-5H,1H3;1H3;2*1H;/q3*-1;;;+2/p-2. The Morgan fingerprint density at radius 3 is 1.65 bits per heavy atom. The molecule has 0 saturated carbocycles. The molecule has 0 spiro atoms. The molecule has 0 amide bonds. The number of rotatable bonds is 0. The molecular weight excluding hydrogens is 402 g/mol. The predicted octanol–water partition coefficient (Wildman–Crippen LogP) is 7.25. The Labute approximate surface area is 157 Å². The number of fused-ring (bicyclic) bond motifs is 3. The van der Waals surface area contributed by atoms with E-state index in [-0.39, 0.29) is 7.43 Å². The summed E-state index contributed by atoms with van der Waals surface area (Å²) in [6.45, 7) is 2.08. The second kappa shape index (κ2) is 10.8. The van der Waals surface area contributed by atoms with E-state index in [2.05, 4.69) is 73.7 Å². The summed E-state index contributed by atoms with van der Waals surface area (Å²) < 4.78 is 0. The van der Waals surface area contributed by atoms with Gasteiger partial charge in [0.25, 0.3) is 0 Å². The van der Waals surface area contributed by atoms with E-state index in [0.29, 0.717) is 0 Å². The molecule has 4 rings (SSSR count). The monoisotopic (exact) mass is 419 g/mol. The molecular formula is C20H19Cl2Zr-3. The van der Waals surface area contributed by atoms with E-state index < -0.39 is 20.8 Å². The van der Waals surface area contributed by atoms with Gasteiger partial charge in [0.1, 0.15) is 0 Å². The molecule has 0 nitrogen and oxygen atoms in total. The van der Waals surface area contributed by atoms with Gasteiger partial charge in [-0.05, 0) is 0 Å². The van der Waals surface area contributed by atoms with Gasteiger partial charge in [-0.1, -0.05) is 43.3 Å². The van der Waals surface area contributed by atoms with E-state index in [1.807, 2.05) is 12.1 Å². The van der Waals surface area contributed by atoms with Crippen LogP contribution in [0, 0.1) is 14.4 Å². The second-order valence-electron chi connectivity index (χ2n) is 4.85. The van der Waals surface area contributed by atoms with Crippen LogP contribution in [-0.2, 0) is 20.8 Å². The fourth-order valence-electron chi connectivity index (χ4n) is 2.37. The predicted molar refractivity (Wildman–Crippen MR) is 102 cm³/mol. The van der Waals surface area contributed by atoms with Gasteiger partial charge >= 0.3 is 37.9 Å². The van der Waals surface area contributed by atoms with Crippen LogP contribution in [0.4, 0.5) is 0 Å². The Morgan fingerprint density at radius 1 is 0.826 bits per heavy atom. The van der Waals surface area contributed by atoms with E-state index in [0.717, 1.165) is 0 Å². The molecule has 0 aliphatic carbocycles. The van der Waals surface area contributed by atoms with Crippen LogP contribution in [0.25, 0.3) is 21.5 Å². The van der Waals surface area contributed by atoms with Crippen molar-refractivity contribution < 1.29 is 20.8 Å². The first kappa shape index (κ1) is 20.2. The third-order valence-corrected chi connectivity index (χ3v) is 3.35. The van der Waals surface area contributed by atoms with Crippen molar-refractivity contribution in [1.82, 2.24) is 0 Å². The van der Waals surface area contributed by atoms with Crippen molar-refractivity contribution in [2.45, 2.75) is 6.92 Å². The van der Waals surface area contributed by atoms with Crippen molar-refractivity contribution in [3.63, 3.8) is 0 Å². The van der Waals surface area contributed by atoms with Crippen molar-refractivity contribution in [1.29, 1.82) is 0 Å². The molecule has 0 unspecified atom stereocenters. The zero-order chi connectivity index (χ0) is 15.8. The molecule has 0 heterocycles. The molecule has 120 valence electrons. The van der Waals surface area contributed by atoms with Gasteiger partial charge in [0.05, 0.1) is 0 Å². The molecule has 0 aliphatic heterocycles. The Balaban J connectivity index is 0.000000225. The number of hydrogen-bond acceptors (Lipinski definition) is 0. The molecule has 0 aliphatic rings. The molecule has 0 saturated heterocycles. The van der Waals surface area contributed by atoms with Crippen LogP contribution in [0.3, 0.4) is 0 Å². The van der Waals surface area contributed by atoms with E-state index in [9.17, 15) is 0 Å². The first-order valence-electron chi connectivity index (χ1n) is 6.94. The van der Waals surface area contributed by atoms with Crippen LogP contribution in [-0.4, -0.2) is 0 Å². The van der Waals surface area contributed by atoms with Crippen molar-refractivity contribution >= 4 is 38.6 Å². The van der Waals surface area contributed by atoms with Crippen LogP contribution in [0.15, 0.2) is 78.9 Å². The van der Waals surface area contributed by atoms with Crippen molar-refractivity contribution in [3.8, 4) is 0 Å². The summed E-state index contributed by atoms with van der Waals surface area (Å²) in [4.78, 5) is 0. The summed E-state index contributed by atoms with van der Waals surface area (Å²) in [6, 6.07) is 27.5. The van der Waals surface area contributed by atoms with Crippen LogP contribution in [0.2, 0.25) is 0 Å². The quantitative estimate of drug-likeness (QED) is 0.262. The first-order valence-corrected chi connectivity index (χ1v) is 13.3. The third-order valence-electron chi connectivity index (χ3n) is 3.35. The minimum Gasteiger partial charge on any atom is -0.126 e. The summed E-state index contributed by atoms with van der Waals surface area (Å²) in [5.41, 5.74) is 1.34. The van der Waals surface area contributed by atoms with Crippen LogP contribution >= 0.6 is 17.0 Å². The average molecular weight is 422 g/mol. The maximum atomic E-state index is 4.93. The molecule has 23 heavy (non-hydrogen) atoms. The second-order valence-corrected chi connectivity index (χ2v) is 8.58. The molecule has 0 N–H and O–H groups in total. The fourth-order valence-corrected chi connectivity index (χ4v) is 2.37. The van der Waals surface area contributed by atoms with Crippen molar-refractivity contribution in [2.75, 3.05) is 0 Å². The zero-order valence-electron chi connectivity index (χ0n) is 13.3. The maximum Gasteiger partial charge on any atom is -0.0771 e. The third kappa shape index (κ3) is 5.92. The molecule has 0 fully saturated rings. The van der Waals surface area contributed by atoms with Gasteiger partial charge in [0, 0.05) is 0 Å². The minimum absolute atomic E-state index is 0. The molecule has 3 heteroatoms. The molecule has 4 aromatic carbocycles. The molecule has 4 aromatic rings. The van der Waals surface area contributed by atoms with Gasteiger partial charge in [0.2, 0.25) is 0 Å². The van der Waals surface area contributed by atoms with Crippen LogP contribution in [0.5, 0.6) is 0 Å². The van der Waals surface area contributed by atoms with E-state index in [4.69, 9.17) is 17.0 Å². The smallest absolute Gasteiger partial charge is 0.0771 e. The molecule has 0 atom stereocenters. The van der Waals surface area contributed by atoms with Crippen LogP contribution in [0.1, 0.15) is 5.56 Å². The van der Waals surface area contributed by atoms with Crippen LogP contribution < -0.4 is 0 Å². The summed E-state index contributed by atoms with van der Waals surface area (Å²) in [7, 11) is 9.87. The average Bonchev–Trinajstić information content (AvgIpc) is 3.15.